The van der Waals surface area contributed by atoms with E-state index in [1.54, 1.807) is 6.26 Å². The first-order chi connectivity index (χ1) is 6.49. The minimum atomic E-state index is -1.19. The Kier molecular flexibility index (Phi) is 3.77. The van der Waals surface area contributed by atoms with E-state index in [9.17, 15) is 20.1 Å². The normalized spacial score (nSPS) is 42.5. The highest BCUT2D eigenvalue weighted by molar-refractivity contribution is 7.99. The molecule has 4 N–H and O–H groups in total. The van der Waals surface area contributed by atoms with Crippen molar-refractivity contribution in [3.8, 4) is 0 Å². The summed E-state index contributed by atoms with van der Waals surface area (Å²) in [6.07, 6.45) is -1.54. The molecule has 0 radical (unpaired) electrons. The van der Waals surface area contributed by atoms with Gasteiger partial charge in [-0.05, 0) is 6.26 Å². The number of nitrogens with one attached hydrogen (secondary N) is 1. The fourth-order valence-corrected chi connectivity index (χ4v) is 2.67. The molecule has 0 aromatic heterocycles. The lowest BCUT2D eigenvalue weighted by Gasteiger charge is -2.21. The fraction of sp³-hybridized carbons (Fsp3) is 0.875. The third-order valence-corrected chi connectivity index (χ3v) is 3.52. The van der Waals surface area contributed by atoms with Crippen LogP contribution in [0, 0.1) is 0 Å². The number of hydrogen-bond acceptors (Lipinski definition) is 5. The van der Waals surface area contributed by atoms with Gasteiger partial charge in [-0.1, -0.05) is 0 Å². The number of hydrogen-bond donors (Lipinski definition) is 4. The Morgan fingerprint density at radius 2 is 1.79 bits per heavy atom. The van der Waals surface area contributed by atoms with E-state index < -0.39 is 24.4 Å². The maximum Gasteiger partial charge on any atom is 0.217 e. The highest BCUT2D eigenvalue weighted by Gasteiger charge is 2.48. The van der Waals surface area contributed by atoms with Gasteiger partial charge in [0, 0.05) is 6.92 Å². The molecule has 1 aliphatic carbocycles. The lowest BCUT2D eigenvalue weighted by molar-refractivity contribution is -0.120. The van der Waals surface area contributed by atoms with Gasteiger partial charge in [-0.15, -0.1) is 0 Å². The molecule has 5 atom stereocenters. The molecule has 0 saturated heterocycles. The standard InChI is InChI=1S/C8H15NO4S/c1-3(10)9-4-5(11)6(12)7(13)8(4)14-2/h4-8,11-13H,1-2H3,(H,9,10)/t4-,5+,6+,7+,8+/m0/s1. The summed E-state index contributed by atoms with van der Waals surface area (Å²) in [7, 11) is 0. The van der Waals surface area contributed by atoms with Gasteiger partial charge in [-0.3, -0.25) is 4.79 Å². The number of aliphatic hydroxyl groups is 3. The highest BCUT2D eigenvalue weighted by Crippen LogP contribution is 2.29. The van der Waals surface area contributed by atoms with Crippen LogP contribution in [-0.4, -0.2) is 57.1 Å². The Morgan fingerprint density at radius 3 is 2.21 bits per heavy atom. The van der Waals surface area contributed by atoms with Gasteiger partial charge in [0.25, 0.3) is 0 Å². The molecule has 0 aliphatic heterocycles. The average Bonchev–Trinajstić information content (AvgIpc) is 2.31. The Balaban J connectivity index is 2.75. The zero-order chi connectivity index (χ0) is 10.9. The molecule has 1 aliphatic rings. The van der Waals surface area contributed by atoms with E-state index in [0.29, 0.717) is 0 Å². The Hall–Kier alpha value is -0.300. The van der Waals surface area contributed by atoms with Crippen LogP contribution in [-0.2, 0) is 4.79 Å². The Labute approximate surface area is 86.5 Å². The predicted molar refractivity (Wildman–Crippen MR) is 52.9 cm³/mol. The molecule has 1 rings (SSSR count). The molecule has 1 saturated carbocycles. The van der Waals surface area contributed by atoms with E-state index in [-0.39, 0.29) is 11.2 Å². The summed E-state index contributed by atoms with van der Waals surface area (Å²) >= 11 is 1.31. The highest BCUT2D eigenvalue weighted by atomic mass is 32.2. The maximum absolute atomic E-state index is 10.8. The van der Waals surface area contributed by atoms with Crippen molar-refractivity contribution in [2.24, 2.45) is 0 Å². The van der Waals surface area contributed by atoms with Crippen LogP contribution in [0.5, 0.6) is 0 Å². The largest absolute Gasteiger partial charge is 0.389 e. The molecule has 0 aromatic carbocycles. The van der Waals surface area contributed by atoms with Gasteiger partial charge in [0.1, 0.15) is 12.2 Å². The van der Waals surface area contributed by atoms with E-state index >= 15 is 0 Å². The van der Waals surface area contributed by atoms with Crippen LogP contribution < -0.4 is 5.32 Å². The van der Waals surface area contributed by atoms with Crippen molar-refractivity contribution in [3.05, 3.63) is 0 Å². The number of rotatable bonds is 2. The third-order valence-electron chi connectivity index (χ3n) is 2.40. The van der Waals surface area contributed by atoms with E-state index in [0.717, 1.165) is 0 Å². The molecule has 0 aromatic rings. The second kappa shape index (κ2) is 4.48. The van der Waals surface area contributed by atoms with Gasteiger partial charge in [-0.25, -0.2) is 0 Å². The summed E-state index contributed by atoms with van der Waals surface area (Å²) < 4.78 is 0. The van der Waals surface area contributed by atoms with Gasteiger partial charge in [0.2, 0.25) is 5.91 Å². The van der Waals surface area contributed by atoms with Gasteiger partial charge < -0.3 is 20.6 Å². The summed E-state index contributed by atoms with van der Waals surface area (Å²) in [5.74, 6) is -0.283. The monoisotopic (exact) mass is 221 g/mol. The third kappa shape index (κ3) is 2.03. The van der Waals surface area contributed by atoms with Crippen molar-refractivity contribution in [2.45, 2.75) is 36.5 Å². The molecule has 0 spiro atoms. The minimum Gasteiger partial charge on any atom is -0.389 e. The van der Waals surface area contributed by atoms with Crippen LogP contribution in [0.25, 0.3) is 0 Å². The van der Waals surface area contributed by atoms with Gasteiger partial charge >= 0.3 is 0 Å². The van der Waals surface area contributed by atoms with E-state index in [1.807, 2.05) is 0 Å². The SMILES string of the molecule is CS[C@H]1[C@H](O)[C@H](O)[C@H](O)[C@@H]1NC(C)=O. The molecule has 1 fully saturated rings. The molecule has 0 heterocycles. The van der Waals surface area contributed by atoms with Crippen LogP contribution in [0.15, 0.2) is 0 Å². The smallest absolute Gasteiger partial charge is 0.217 e. The van der Waals surface area contributed by atoms with Crippen molar-refractivity contribution in [1.29, 1.82) is 0 Å². The lowest BCUT2D eigenvalue weighted by Crippen LogP contribution is -2.46. The first kappa shape index (κ1) is 11.8. The molecule has 82 valence electrons. The van der Waals surface area contributed by atoms with E-state index in [1.165, 1.54) is 18.7 Å². The summed E-state index contributed by atoms with van der Waals surface area (Å²) in [5, 5.41) is 30.6. The van der Waals surface area contributed by atoms with Gasteiger partial charge in [0.15, 0.2) is 0 Å². The minimum absolute atomic E-state index is 0.283. The number of amides is 1. The molecule has 6 heteroatoms. The summed E-state index contributed by atoms with van der Waals surface area (Å²) in [5.41, 5.74) is 0. The molecule has 5 nitrogen and oxygen atoms in total. The molecular weight excluding hydrogens is 206 g/mol. The van der Waals surface area contributed by atoms with E-state index in [4.69, 9.17) is 0 Å². The van der Waals surface area contributed by atoms with Crippen molar-refractivity contribution in [1.82, 2.24) is 5.32 Å². The molecule has 0 bridgehead atoms. The van der Waals surface area contributed by atoms with Gasteiger partial charge in [0.05, 0.1) is 17.4 Å². The van der Waals surface area contributed by atoms with Crippen LogP contribution in [0.2, 0.25) is 0 Å². The number of aliphatic hydroxyl groups excluding tert-OH is 3. The maximum atomic E-state index is 10.8. The zero-order valence-corrected chi connectivity index (χ0v) is 8.86. The average molecular weight is 221 g/mol. The van der Waals surface area contributed by atoms with Crippen LogP contribution in [0.3, 0.4) is 0 Å². The first-order valence-corrected chi connectivity index (χ1v) is 5.62. The quantitative estimate of drug-likeness (QED) is 0.447. The molecule has 14 heavy (non-hydrogen) atoms. The molecule has 0 unspecified atom stereocenters. The molecule has 1 amide bonds. The van der Waals surface area contributed by atoms with Crippen molar-refractivity contribution >= 4 is 17.7 Å². The Morgan fingerprint density at radius 1 is 1.21 bits per heavy atom. The Bertz CT molecular complexity index is 225. The topological polar surface area (TPSA) is 89.8 Å². The predicted octanol–water partition coefficient (Wildman–Crippen LogP) is -1.68. The fourth-order valence-electron chi connectivity index (χ4n) is 1.70. The van der Waals surface area contributed by atoms with Crippen molar-refractivity contribution in [2.75, 3.05) is 6.26 Å². The van der Waals surface area contributed by atoms with Crippen LogP contribution in [0.1, 0.15) is 6.92 Å². The second-order valence-corrected chi connectivity index (χ2v) is 4.41. The zero-order valence-electron chi connectivity index (χ0n) is 8.04. The number of carbonyl (C=O) groups excluding carboxylic acids is 1. The summed E-state index contributed by atoms with van der Waals surface area (Å²) in [6.45, 7) is 1.33. The van der Waals surface area contributed by atoms with Gasteiger partial charge in [-0.2, -0.15) is 11.8 Å². The second-order valence-electron chi connectivity index (χ2n) is 3.40. The number of carbonyl (C=O) groups is 1. The lowest BCUT2D eigenvalue weighted by atomic mass is 10.2. The van der Waals surface area contributed by atoms with Crippen LogP contribution in [0.4, 0.5) is 0 Å². The summed E-state index contributed by atoms with van der Waals surface area (Å²) in [6, 6.07) is -0.590. The van der Waals surface area contributed by atoms with Crippen LogP contribution >= 0.6 is 11.8 Å². The molecular formula is C8H15NO4S. The van der Waals surface area contributed by atoms with Crippen molar-refractivity contribution < 1.29 is 20.1 Å². The van der Waals surface area contributed by atoms with Crippen molar-refractivity contribution in [3.63, 3.8) is 0 Å². The number of thioether (sulfide) groups is 1. The van der Waals surface area contributed by atoms with E-state index in [2.05, 4.69) is 5.32 Å². The summed E-state index contributed by atoms with van der Waals surface area (Å²) in [4.78, 5) is 10.8. The first-order valence-electron chi connectivity index (χ1n) is 4.33.